The van der Waals surface area contributed by atoms with Crippen LogP contribution in [0.15, 0.2) is 89.4 Å². The lowest BCUT2D eigenvalue weighted by Crippen LogP contribution is -2.46. The van der Waals surface area contributed by atoms with Crippen molar-refractivity contribution in [2.24, 2.45) is 0 Å². The largest absolute Gasteiger partial charge is 0.465 e. The van der Waals surface area contributed by atoms with Crippen LogP contribution < -0.4 is 10.2 Å². The van der Waals surface area contributed by atoms with Crippen LogP contribution in [0.2, 0.25) is 0 Å². The summed E-state index contributed by atoms with van der Waals surface area (Å²) in [6.07, 6.45) is 0. The molecule has 188 valence electrons. The molecule has 4 aromatic carbocycles. The van der Waals surface area contributed by atoms with Crippen molar-refractivity contribution in [3.05, 3.63) is 106 Å². The normalized spacial score (nSPS) is 13.9. The molecule has 4 aromatic rings. The average molecular weight is 558 g/mol. The summed E-state index contributed by atoms with van der Waals surface area (Å²) in [4.78, 5) is 30.5. The van der Waals surface area contributed by atoms with Gasteiger partial charge in [-0.1, -0.05) is 70.5 Å². The smallest absolute Gasteiger partial charge is 0.337 e. The van der Waals surface area contributed by atoms with Crippen molar-refractivity contribution in [3.8, 4) is 0 Å². The minimum Gasteiger partial charge on any atom is -0.465 e. The lowest BCUT2D eigenvalue weighted by atomic mass is 10.0. The van der Waals surface area contributed by atoms with Gasteiger partial charge in [-0.05, 0) is 46.7 Å². The first kappa shape index (κ1) is 25.0. The molecule has 37 heavy (non-hydrogen) atoms. The zero-order chi connectivity index (χ0) is 25.8. The Hall–Kier alpha value is -3.68. The van der Waals surface area contributed by atoms with E-state index in [1.54, 1.807) is 12.1 Å². The highest BCUT2D eigenvalue weighted by molar-refractivity contribution is 9.10. The van der Waals surface area contributed by atoms with E-state index in [1.165, 1.54) is 12.7 Å². The van der Waals surface area contributed by atoms with Gasteiger partial charge in [-0.2, -0.15) is 0 Å². The number of hydrogen-bond donors (Lipinski definition) is 1. The van der Waals surface area contributed by atoms with Crippen LogP contribution in [-0.4, -0.2) is 50.1 Å². The maximum atomic E-state index is 13.5. The topological polar surface area (TPSA) is 61.9 Å². The summed E-state index contributed by atoms with van der Waals surface area (Å²) >= 11 is 3.58. The molecule has 0 aliphatic carbocycles. The number of anilines is 2. The van der Waals surface area contributed by atoms with Crippen LogP contribution in [-0.2, 0) is 11.3 Å². The number of fused-ring (bicyclic) bond motifs is 1. The van der Waals surface area contributed by atoms with Crippen molar-refractivity contribution in [3.63, 3.8) is 0 Å². The van der Waals surface area contributed by atoms with Crippen LogP contribution in [0.25, 0.3) is 10.8 Å². The third kappa shape index (κ3) is 5.53. The minimum absolute atomic E-state index is 0.227. The molecule has 1 saturated heterocycles. The van der Waals surface area contributed by atoms with Gasteiger partial charge in [0.2, 0.25) is 0 Å². The molecular formula is C30H28BrN3O3. The van der Waals surface area contributed by atoms with E-state index in [-0.39, 0.29) is 5.91 Å². The van der Waals surface area contributed by atoms with Gasteiger partial charge in [-0.15, -0.1) is 0 Å². The molecule has 1 amide bonds. The van der Waals surface area contributed by atoms with E-state index in [0.29, 0.717) is 16.8 Å². The Bertz CT molecular complexity index is 1430. The third-order valence-electron chi connectivity index (χ3n) is 6.74. The molecule has 1 aliphatic rings. The molecule has 0 spiro atoms. The first-order valence-electron chi connectivity index (χ1n) is 12.3. The van der Waals surface area contributed by atoms with E-state index in [1.807, 2.05) is 48.5 Å². The number of nitrogens with zero attached hydrogens (tertiary/aromatic N) is 2. The molecular weight excluding hydrogens is 530 g/mol. The number of carbonyl (C=O) groups is 2. The summed E-state index contributed by atoms with van der Waals surface area (Å²) in [6.45, 7) is 4.34. The van der Waals surface area contributed by atoms with Gasteiger partial charge in [0.15, 0.2) is 0 Å². The molecule has 1 N–H and O–H groups in total. The van der Waals surface area contributed by atoms with Crippen molar-refractivity contribution in [1.82, 2.24) is 4.90 Å². The summed E-state index contributed by atoms with van der Waals surface area (Å²) < 4.78 is 5.86. The standard InChI is InChI=1S/C30H28BrN3O3/c1-37-30(36)22-13-14-28(34-17-15-33(16-18-34)20-21-7-3-2-4-8-21)27(19-22)32-29(35)25-11-5-10-24-23(25)9-6-12-26(24)31/h2-14,19H,15-18,20H2,1H3,(H,32,35). The van der Waals surface area contributed by atoms with Gasteiger partial charge in [0.25, 0.3) is 5.91 Å². The average Bonchev–Trinajstić information content (AvgIpc) is 2.93. The number of esters is 1. The molecule has 6 nitrogen and oxygen atoms in total. The number of carbonyl (C=O) groups excluding carboxylic acids is 2. The quantitative estimate of drug-likeness (QED) is 0.296. The Labute approximate surface area is 225 Å². The van der Waals surface area contributed by atoms with Crippen LogP contribution in [0.4, 0.5) is 11.4 Å². The number of methoxy groups -OCH3 is 1. The summed E-state index contributed by atoms with van der Waals surface area (Å²) in [5.41, 5.74) is 3.75. The number of halogens is 1. The SMILES string of the molecule is COC(=O)c1ccc(N2CCN(Cc3ccccc3)CC2)c(NC(=O)c2cccc3c(Br)cccc23)c1. The second-order valence-corrected chi connectivity index (χ2v) is 9.92. The number of rotatable bonds is 6. The van der Waals surface area contributed by atoms with Gasteiger partial charge in [0, 0.05) is 42.8 Å². The Kier molecular flexibility index (Phi) is 7.53. The molecule has 1 heterocycles. The number of benzene rings is 4. The van der Waals surface area contributed by atoms with Gasteiger partial charge < -0.3 is 15.0 Å². The van der Waals surface area contributed by atoms with Gasteiger partial charge in [0.05, 0.1) is 24.0 Å². The molecule has 1 aliphatic heterocycles. The van der Waals surface area contributed by atoms with Crippen molar-refractivity contribution >= 4 is 50.0 Å². The fourth-order valence-corrected chi connectivity index (χ4v) is 5.30. The van der Waals surface area contributed by atoms with Crippen molar-refractivity contribution in [1.29, 1.82) is 0 Å². The van der Waals surface area contributed by atoms with E-state index in [9.17, 15) is 9.59 Å². The van der Waals surface area contributed by atoms with Crippen molar-refractivity contribution in [2.75, 3.05) is 43.5 Å². The second-order valence-electron chi connectivity index (χ2n) is 9.07. The van der Waals surface area contributed by atoms with E-state index in [0.717, 1.165) is 53.7 Å². The number of hydrogen-bond acceptors (Lipinski definition) is 5. The highest BCUT2D eigenvalue weighted by atomic mass is 79.9. The molecule has 1 fully saturated rings. The molecule has 0 unspecified atom stereocenters. The Morgan fingerprint density at radius 3 is 2.35 bits per heavy atom. The maximum Gasteiger partial charge on any atom is 0.337 e. The second kappa shape index (κ2) is 11.2. The van der Waals surface area contributed by atoms with E-state index < -0.39 is 5.97 Å². The Morgan fingerprint density at radius 2 is 1.59 bits per heavy atom. The first-order chi connectivity index (χ1) is 18.0. The number of piperazine rings is 1. The minimum atomic E-state index is -0.441. The third-order valence-corrected chi connectivity index (χ3v) is 7.43. The molecule has 0 saturated carbocycles. The molecule has 0 atom stereocenters. The van der Waals surface area contributed by atoms with Crippen LogP contribution in [0.5, 0.6) is 0 Å². The zero-order valence-corrected chi connectivity index (χ0v) is 22.2. The molecule has 5 rings (SSSR count). The predicted molar refractivity (Wildman–Crippen MR) is 151 cm³/mol. The molecule has 0 radical (unpaired) electrons. The Morgan fingerprint density at radius 1 is 0.865 bits per heavy atom. The van der Waals surface area contributed by atoms with E-state index >= 15 is 0 Å². The summed E-state index contributed by atoms with van der Waals surface area (Å²) in [5.74, 6) is -0.668. The van der Waals surface area contributed by atoms with Crippen molar-refractivity contribution < 1.29 is 14.3 Å². The fourth-order valence-electron chi connectivity index (χ4n) is 4.80. The number of amides is 1. The maximum absolute atomic E-state index is 13.5. The molecule has 7 heteroatoms. The van der Waals surface area contributed by atoms with Gasteiger partial charge in [-0.3, -0.25) is 9.69 Å². The summed E-state index contributed by atoms with van der Waals surface area (Å²) in [7, 11) is 1.36. The Balaban J connectivity index is 1.40. The zero-order valence-electron chi connectivity index (χ0n) is 20.6. The van der Waals surface area contributed by atoms with Crippen LogP contribution in [0.1, 0.15) is 26.3 Å². The summed E-state index contributed by atoms with van der Waals surface area (Å²) in [5, 5.41) is 4.91. The summed E-state index contributed by atoms with van der Waals surface area (Å²) in [6, 6.07) is 27.3. The van der Waals surface area contributed by atoms with E-state index in [2.05, 4.69) is 55.3 Å². The van der Waals surface area contributed by atoms with Gasteiger partial charge >= 0.3 is 5.97 Å². The molecule has 0 aromatic heterocycles. The monoisotopic (exact) mass is 557 g/mol. The van der Waals surface area contributed by atoms with E-state index in [4.69, 9.17) is 4.74 Å². The van der Waals surface area contributed by atoms with Gasteiger partial charge in [0.1, 0.15) is 0 Å². The van der Waals surface area contributed by atoms with Crippen LogP contribution in [0.3, 0.4) is 0 Å². The van der Waals surface area contributed by atoms with Crippen LogP contribution in [0, 0.1) is 0 Å². The van der Waals surface area contributed by atoms with Crippen LogP contribution >= 0.6 is 15.9 Å². The lowest BCUT2D eigenvalue weighted by molar-refractivity contribution is 0.0600. The number of ether oxygens (including phenoxy) is 1. The van der Waals surface area contributed by atoms with Gasteiger partial charge in [-0.25, -0.2) is 4.79 Å². The highest BCUT2D eigenvalue weighted by Gasteiger charge is 2.22. The first-order valence-corrected chi connectivity index (χ1v) is 13.0. The highest BCUT2D eigenvalue weighted by Crippen LogP contribution is 2.31. The fraction of sp³-hybridized carbons (Fsp3) is 0.200. The molecule has 0 bridgehead atoms. The van der Waals surface area contributed by atoms with Crippen molar-refractivity contribution in [2.45, 2.75) is 6.54 Å². The number of nitrogens with one attached hydrogen (secondary N) is 1. The predicted octanol–water partition coefficient (Wildman–Crippen LogP) is 5.96. The lowest BCUT2D eigenvalue weighted by Gasteiger charge is -2.37.